The van der Waals surface area contributed by atoms with Gasteiger partial charge in [-0.15, -0.1) is 0 Å². The number of Topliss-reactive ketones (excluding diaryl/α,β-unsaturated/α-hetero) is 1. The van der Waals surface area contributed by atoms with Crippen molar-refractivity contribution in [3.63, 3.8) is 0 Å². The van der Waals surface area contributed by atoms with Gasteiger partial charge >= 0.3 is 0 Å². The number of aliphatic hydroxyl groups is 3. The molecule has 1 aliphatic carbocycles. The van der Waals surface area contributed by atoms with E-state index in [1.165, 1.54) is 0 Å². The summed E-state index contributed by atoms with van der Waals surface area (Å²) in [5.41, 5.74) is 1.14. The Balaban J connectivity index is 2.51. The molecule has 0 heterocycles. The maximum atomic E-state index is 11.6. The van der Waals surface area contributed by atoms with Gasteiger partial charge in [-0.1, -0.05) is 67.7 Å². The first-order valence-corrected chi connectivity index (χ1v) is 11.8. The van der Waals surface area contributed by atoms with E-state index in [0.29, 0.717) is 37.9 Å². The molecule has 0 amide bonds. The summed E-state index contributed by atoms with van der Waals surface area (Å²) in [6.07, 6.45) is 20.0. The van der Waals surface area contributed by atoms with Crippen LogP contribution < -0.4 is 0 Å². The van der Waals surface area contributed by atoms with Crippen molar-refractivity contribution in [3.8, 4) is 0 Å². The number of allylic oxidation sites excluding steroid dienone is 7. The van der Waals surface area contributed by atoms with Crippen LogP contribution in [0.2, 0.25) is 0 Å². The monoisotopic (exact) mass is 430 g/mol. The minimum atomic E-state index is -0.592. The molecule has 0 unspecified atom stereocenters. The molecule has 31 heavy (non-hydrogen) atoms. The number of hydrogen-bond acceptors (Lipinski definition) is 4. The summed E-state index contributed by atoms with van der Waals surface area (Å²) in [5.74, 6) is 0.104. The van der Waals surface area contributed by atoms with Gasteiger partial charge in [0.2, 0.25) is 0 Å². The molecular formula is C27H42O4. The Kier molecular flexibility index (Phi) is 14.1. The Hall–Kier alpha value is -1.75. The molecule has 1 rings (SSSR count). The standard InChI is InChI=1S/C27H42O4/c1-4-7-13-21(6-3)16-17-23(29)18-19-25-24(26(30)20-27(25)31)15-11-9-8-10-14-22(28)12-5-2/h4,6-7,9,11,13,18-19,23-27,29-31H,1,5,8,10,12,14-17,20H2,2-3H3/b11-9-,13-7-,19-18+,21-6+/t23-,24+,25+,26-,27+/m0/s1. The highest BCUT2D eigenvalue weighted by atomic mass is 16.3. The van der Waals surface area contributed by atoms with Gasteiger partial charge in [0.05, 0.1) is 18.3 Å². The third-order valence-corrected chi connectivity index (χ3v) is 5.95. The van der Waals surface area contributed by atoms with Gasteiger partial charge in [0.15, 0.2) is 0 Å². The lowest BCUT2D eigenvalue weighted by Gasteiger charge is -2.19. The van der Waals surface area contributed by atoms with E-state index >= 15 is 0 Å². The fraction of sp³-hybridized carbons (Fsp3) is 0.593. The predicted molar refractivity (Wildman–Crippen MR) is 129 cm³/mol. The lowest BCUT2D eigenvalue weighted by molar-refractivity contribution is -0.119. The van der Waals surface area contributed by atoms with E-state index in [9.17, 15) is 20.1 Å². The molecule has 4 heteroatoms. The van der Waals surface area contributed by atoms with Gasteiger partial charge in [0.1, 0.15) is 5.78 Å². The van der Waals surface area contributed by atoms with Crippen molar-refractivity contribution in [2.24, 2.45) is 11.8 Å². The topological polar surface area (TPSA) is 77.8 Å². The van der Waals surface area contributed by atoms with Gasteiger partial charge in [0.25, 0.3) is 0 Å². The number of rotatable bonds is 15. The zero-order chi connectivity index (χ0) is 23.1. The van der Waals surface area contributed by atoms with Crippen LogP contribution in [-0.4, -0.2) is 39.4 Å². The molecular weight excluding hydrogens is 388 g/mol. The normalized spacial score (nSPS) is 25.8. The number of hydrogen-bond donors (Lipinski definition) is 3. The first-order chi connectivity index (χ1) is 14.9. The second kappa shape index (κ2) is 16.0. The van der Waals surface area contributed by atoms with Gasteiger partial charge in [-0.3, -0.25) is 4.79 Å². The van der Waals surface area contributed by atoms with Gasteiger partial charge < -0.3 is 15.3 Å². The van der Waals surface area contributed by atoms with E-state index in [1.54, 1.807) is 12.2 Å². The highest BCUT2D eigenvalue weighted by Crippen LogP contribution is 2.36. The Bertz CT molecular complexity index is 644. The minimum absolute atomic E-state index is 0.0574. The van der Waals surface area contributed by atoms with Crippen LogP contribution in [0.15, 0.2) is 60.8 Å². The summed E-state index contributed by atoms with van der Waals surface area (Å²) >= 11 is 0. The Morgan fingerprint density at radius 1 is 1.16 bits per heavy atom. The van der Waals surface area contributed by atoms with E-state index in [4.69, 9.17) is 0 Å². The van der Waals surface area contributed by atoms with Crippen molar-refractivity contribution in [1.29, 1.82) is 0 Å². The quantitative estimate of drug-likeness (QED) is 0.189. The predicted octanol–water partition coefficient (Wildman–Crippen LogP) is 5.22. The lowest BCUT2D eigenvalue weighted by Crippen LogP contribution is -2.20. The molecule has 1 saturated carbocycles. The number of aliphatic hydroxyl groups excluding tert-OH is 3. The van der Waals surface area contributed by atoms with Gasteiger partial charge in [-0.25, -0.2) is 0 Å². The zero-order valence-corrected chi connectivity index (χ0v) is 19.3. The van der Waals surface area contributed by atoms with Crippen molar-refractivity contribution in [1.82, 2.24) is 0 Å². The van der Waals surface area contributed by atoms with Crippen molar-refractivity contribution in [2.45, 2.75) is 89.9 Å². The highest BCUT2D eigenvalue weighted by molar-refractivity contribution is 5.78. The van der Waals surface area contributed by atoms with E-state index < -0.39 is 18.3 Å². The average molecular weight is 431 g/mol. The summed E-state index contributed by atoms with van der Waals surface area (Å²) in [5, 5.41) is 31.1. The molecule has 0 saturated heterocycles. The Morgan fingerprint density at radius 3 is 2.61 bits per heavy atom. The number of carbonyl (C=O) groups is 1. The van der Waals surface area contributed by atoms with Crippen LogP contribution in [0.3, 0.4) is 0 Å². The maximum absolute atomic E-state index is 11.6. The molecule has 1 aliphatic rings. The molecule has 0 bridgehead atoms. The van der Waals surface area contributed by atoms with E-state index in [1.807, 2.05) is 38.2 Å². The fourth-order valence-corrected chi connectivity index (χ4v) is 4.08. The van der Waals surface area contributed by atoms with Gasteiger partial charge in [-0.2, -0.15) is 0 Å². The van der Waals surface area contributed by atoms with Crippen LogP contribution in [-0.2, 0) is 4.79 Å². The van der Waals surface area contributed by atoms with Gasteiger partial charge in [0, 0.05) is 25.2 Å². The maximum Gasteiger partial charge on any atom is 0.132 e. The fourth-order valence-electron chi connectivity index (χ4n) is 4.08. The number of carbonyl (C=O) groups excluding carboxylic acids is 1. The molecule has 5 atom stereocenters. The van der Waals surface area contributed by atoms with Crippen molar-refractivity contribution < 1.29 is 20.1 Å². The SMILES string of the molecule is C=C/C=C\C(=C/C)CC[C@H](O)/C=C/[C@@H]1[C@@H](C/C=C\CCCC(=O)CCC)[C@@H](O)C[C@H]1O. The summed E-state index contributed by atoms with van der Waals surface area (Å²) in [6.45, 7) is 7.66. The summed E-state index contributed by atoms with van der Waals surface area (Å²) in [6, 6.07) is 0. The highest BCUT2D eigenvalue weighted by Gasteiger charge is 2.39. The summed E-state index contributed by atoms with van der Waals surface area (Å²) in [7, 11) is 0. The molecule has 0 aliphatic heterocycles. The van der Waals surface area contributed by atoms with E-state index in [0.717, 1.165) is 31.3 Å². The zero-order valence-electron chi connectivity index (χ0n) is 19.3. The molecule has 0 radical (unpaired) electrons. The summed E-state index contributed by atoms with van der Waals surface area (Å²) in [4.78, 5) is 11.6. The second-order valence-electron chi connectivity index (χ2n) is 8.45. The smallest absolute Gasteiger partial charge is 0.132 e. The second-order valence-corrected chi connectivity index (χ2v) is 8.45. The largest absolute Gasteiger partial charge is 0.393 e. The molecule has 0 aromatic heterocycles. The third kappa shape index (κ3) is 10.9. The number of ketones is 1. The van der Waals surface area contributed by atoms with E-state index in [-0.39, 0.29) is 11.8 Å². The van der Waals surface area contributed by atoms with Crippen molar-refractivity contribution >= 4 is 5.78 Å². The Morgan fingerprint density at radius 2 is 1.94 bits per heavy atom. The Labute approximate surface area is 188 Å². The van der Waals surface area contributed by atoms with Gasteiger partial charge in [-0.05, 0) is 51.4 Å². The third-order valence-electron chi connectivity index (χ3n) is 5.95. The van der Waals surface area contributed by atoms with Crippen LogP contribution in [0, 0.1) is 11.8 Å². The lowest BCUT2D eigenvalue weighted by atomic mass is 9.89. The molecule has 4 nitrogen and oxygen atoms in total. The first-order valence-electron chi connectivity index (χ1n) is 11.8. The molecule has 0 aromatic carbocycles. The number of unbranched alkanes of at least 4 members (excludes halogenated alkanes) is 1. The molecule has 0 spiro atoms. The van der Waals surface area contributed by atoms with Crippen LogP contribution in [0.25, 0.3) is 0 Å². The summed E-state index contributed by atoms with van der Waals surface area (Å²) < 4.78 is 0. The molecule has 1 fully saturated rings. The molecule has 0 aromatic rings. The van der Waals surface area contributed by atoms with Crippen molar-refractivity contribution in [3.05, 3.63) is 60.8 Å². The molecule has 174 valence electrons. The van der Waals surface area contributed by atoms with Crippen LogP contribution in [0.1, 0.15) is 71.6 Å². The average Bonchev–Trinajstić information content (AvgIpc) is 3.01. The van der Waals surface area contributed by atoms with Crippen LogP contribution >= 0.6 is 0 Å². The minimum Gasteiger partial charge on any atom is -0.393 e. The van der Waals surface area contributed by atoms with E-state index in [2.05, 4.69) is 18.7 Å². The van der Waals surface area contributed by atoms with Crippen LogP contribution in [0.4, 0.5) is 0 Å². The molecule has 3 N–H and O–H groups in total. The van der Waals surface area contributed by atoms with Crippen LogP contribution in [0.5, 0.6) is 0 Å². The van der Waals surface area contributed by atoms with Crippen molar-refractivity contribution in [2.75, 3.05) is 0 Å². The first kappa shape index (κ1) is 27.3.